The SMILES string of the molecule is CC#CC(=O)Nc1ccc(F)c(CN(C(=O)OC(C)(C)C)c2cc(N[C@H]3CCC(C)(C)NC3)nc3c(CC)cnn23)c1. The van der Waals surface area contributed by atoms with Crippen molar-refractivity contribution in [2.24, 2.45) is 0 Å². The molecule has 2 amide bonds. The van der Waals surface area contributed by atoms with Gasteiger partial charge < -0.3 is 20.7 Å². The van der Waals surface area contributed by atoms with Gasteiger partial charge >= 0.3 is 6.09 Å². The van der Waals surface area contributed by atoms with E-state index >= 15 is 4.39 Å². The lowest BCUT2D eigenvalue weighted by Gasteiger charge is -2.36. The molecule has 0 unspecified atom stereocenters. The average Bonchev–Trinajstić information content (AvgIpc) is 3.32. The van der Waals surface area contributed by atoms with E-state index in [2.05, 4.69) is 46.7 Å². The summed E-state index contributed by atoms with van der Waals surface area (Å²) in [7, 11) is 0. The molecule has 1 saturated heterocycles. The zero-order valence-electron chi connectivity index (χ0n) is 25.4. The lowest BCUT2D eigenvalue weighted by atomic mass is 9.91. The number of amides is 2. The summed E-state index contributed by atoms with van der Waals surface area (Å²) in [6, 6.07) is 6.04. The molecule has 3 N–H and O–H groups in total. The number of halogens is 1. The number of benzene rings is 1. The van der Waals surface area contributed by atoms with Gasteiger partial charge in [-0.25, -0.2) is 14.2 Å². The Hall–Kier alpha value is -4.17. The highest BCUT2D eigenvalue weighted by atomic mass is 19.1. The lowest BCUT2D eigenvalue weighted by Crippen LogP contribution is -2.50. The zero-order chi connectivity index (χ0) is 30.7. The number of nitrogens with zero attached hydrogens (tertiary/aromatic N) is 4. The molecule has 42 heavy (non-hydrogen) atoms. The van der Waals surface area contributed by atoms with E-state index in [9.17, 15) is 9.59 Å². The minimum absolute atomic E-state index is 0.0657. The van der Waals surface area contributed by atoms with Crippen LogP contribution in [0.15, 0.2) is 30.5 Å². The van der Waals surface area contributed by atoms with Crippen molar-refractivity contribution in [1.82, 2.24) is 19.9 Å². The maximum Gasteiger partial charge on any atom is 0.416 e. The van der Waals surface area contributed by atoms with Gasteiger partial charge in [0.05, 0.1) is 12.7 Å². The first-order valence-electron chi connectivity index (χ1n) is 14.2. The second-order valence-corrected chi connectivity index (χ2v) is 12.1. The number of fused-ring (bicyclic) bond motifs is 1. The predicted molar refractivity (Wildman–Crippen MR) is 162 cm³/mol. The quantitative estimate of drug-likeness (QED) is 0.328. The van der Waals surface area contributed by atoms with Crippen LogP contribution in [0.2, 0.25) is 0 Å². The summed E-state index contributed by atoms with van der Waals surface area (Å²) in [5.74, 6) is 4.82. The summed E-state index contributed by atoms with van der Waals surface area (Å²) in [6.45, 7) is 13.8. The van der Waals surface area contributed by atoms with Crippen molar-refractivity contribution in [1.29, 1.82) is 0 Å². The number of anilines is 3. The molecule has 1 atom stereocenters. The van der Waals surface area contributed by atoms with Crippen LogP contribution in [0.3, 0.4) is 0 Å². The molecular formula is C31H40FN7O3. The van der Waals surface area contributed by atoms with Gasteiger partial charge in [0.25, 0.3) is 5.91 Å². The molecule has 1 aromatic carbocycles. The molecule has 1 fully saturated rings. The molecule has 0 saturated carbocycles. The summed E-state index contributed by atoms with van der Waals surface area (Å²) in [5, 5.41) is 14.3. The smallest absolute Gasteiger partial charge is 0.416 e. The Morgan fingerprint density at radius 1 is 1.26 bits per heavy atom. The first kappa shape index (κ1) is 30.8. The number of rotatable bonds is 7. The van der Waals surface area contributed by atoms with Gasteiger partial charge in [-0.2, -0.15) is 9.61 Å². The molecule has 0 aliphatic carbocycles. The molecule has 1 aliphatic rings. The van der Waals surface area contributed by atoms with Crippen molar-refractivity contribution in [2.45, 2.75) is 91.5 Å². The van der Waals surface area contributed by atoms with Gasteiger partial charge in [0.15, 0.2) is 5.65 Å². The summed E-state index contributed by atoms with van der Waals surface area (Å²) in [6.07, 6.45) is 3.67. The van der Waals surface area contributed by atoms with Gasteiger partial charge in [-0.1, -0.05) is 12.8 Å². The molecule has 11 heteroatoms. The van der Waals surface area contributed by atoms with Crippen molar-refractivity contribution in [3.63, 3.8) is 0 Å². The number of hydrogen-bond acceptors (Lipinski definition) is 7. The summed E-state index contributed by atoms with van der Waals surface area (Å²) >= 11 is 0. The third kappa shape index (κ3) is 7.56. The van der Waals surface area contributed by atoms with Crippen LogP contribution in [0.25, 0.3) is 5.65 Å². The molecule has 4 rings (SSSR count). The van der Waals surface area contributed by atoms with Crippen LogP contribution in [0.1, 0.15) is 72.4 Å². The topological polar surface area (TPSA) is 113 Å². The first-order valence-corrected chi connectivity index (χ1v) is 14.2. The average molecular weight is 578 g/mol. The van der Waals surface area contributed by atoms with Crippen molar-refractivity contribution >= 4 is 35.0 Å². The third-order valence-electron chi connectivity index (χ3n) is 6.96. The second-order valence-electron chi connectivity index (χ2n) is 12.1. The van der Waals surface area contributed by atoms with Gasteiger partial charge in [0.2, 0.25) is 0 Å². The monoisotopic (exact) mass is 577 g/mol. The molecule has 224 valence electrons. The molecule has 2 aromatic heterocycles. The molecule has 0 bridgehead atoms. The van der Waals surface area contributed by atoms with Crippen molar-refractivity contribution in [3.8, 4) is 11.8 Å². The highest BCUT2D eigenvalue weighted by molar-refractivity contribution is 6.03. The summed E-state index contributed by atoms with van der Waals surface area (Å²) in [5.41, 5.74) is 1.27. The van der Waals surface area contributed by atoms with Crippen LogP contribution >= 0.6 is 0 Å². The molecular weight excluding hydrogens is 537 g/mol. The van der Waals surface area contributed by atoms with E-state index in [1.807, 2.05) is 6.92 Å². The van der Waals surface area contributed by atoms with Crippen LogP contribution in [0.5, 0.6) is 0 Å². The molecule has 0 spiro atoms. The largest absolute Gasteiger partial charge is 0.443 e. The Morgan fingerprint density at radius 3 is 2.67 bits per heavy atom. The van der Waals surface area contributed by atoms with Crippen molar-refractivity contribution in [2.75, 3.05) is 22.1 Å². The third-order valence-corrected chi connectivity index (χ3v) is 6.96. The van der Waals surface area contributed by atoms with E-state index in [0.717, 1.165) is 24.9 Å². The minimum atomic E-state index is -0.811. The van der Waals surface area contributed by atoms with E-state index < -0.39 is 23.4 Å². The summed E-state index contributed by atoms with van der Waals surface area (Å²) in [4.78, 5) is 31.9. The fraction of sp³-hybridized carbons (Fsp3) is 0.484. The maximum atomic E-state index is 15.2. The Bertz CT molecular complexity index is 1520. The number of piperidine rings is 1. The Labute approximate surface area is 246 Å². The molecule has 3 heterocycles. The number of aryl methyl sites for hydroxylation is 1. The van der Waals surface area contributed by atoms with Crippen LogP contribution in [-0.2, 0) is 22.5 Å². The number of ether oxygens (including phenoxy) is 1. The van der Waals surface area contributed by atoms with Gasteiger partial charge in [-0.3, -0.25) is 9.69 Å². The summed E-state index contributed by atoms with van der Waals surface area (Å²) < 4.78 is 22.5. The molecule has 1 aliphatic heterocycles. The van der Waals surface area contributed by atoms with E-state index in [4.69, 9.17) is 9.72 Å². The highest BCUT2D eigenvalue weighted by Gasteiger charge is 2.30. The normalized spacial score (nSPS) is 16.3. The number of nitrogens with one attached hydrogen (secondary N) is 3. The number of carbonyl (C=O) groups excluding carboxylic acids is 2. The maximum absolute atomic E-state index is 15.2. The van der Waals surface area contributed by atoms with Gasteiger partial charge in [0.1, 0.15) is 23.1 Å². The number of aromatic nitrogens is 3. The van der Waals surface area contributed by atoms with Crippen LogP contribution in [0.4, 0.5) is 26.5 Å². The van der Waals surface area contributed by atoms with E-state index in [1.54, 1.807) is 44.5 Å². The van der Waals surface area contributed by atoms with E-state index in [1.165, 1.54) is 23.1 Å². The lowest BCUT2D eigenvalue weighted by molar-refractivity contribution is -0.111. The van der Waals surface area contributed by atoms with Crippen molar-refractivity contribution in [3.05, 3.63) is 47.4 Å². The van der Waals surface area contributed by atoms with Crippen LogP contribution < -0.4 is 20.9 Å². The standard InChI is InChI=1S/C31H40FN7O3/c1-8-10-26(40)36-22-11-12-24(32)21(15-22)19-38(29(41)42-30(3,4)5)27-16-25(35-23-13-14-31(6,7)33-18-23)37-28-20(9-2)17-34-39(27)28/h11-12,15-17,23,33H,9,13-14,18-19H2,1-7H3,(H,35,37)(H,36,40)/t23-/m0/s1. The van der Waals surface area contributed by atoms with Crippen LogP contribution in [-0.4, -0.2) is 50.3 Å². The molecule has 3 aromatic rings. The Kier molecular flexibility index (Phi) is 9.06. The second kappa shape index (κ2) is 12.4. The van der Waals surface area contributed by atoms with Gasteiger partial charge in [-0.05, 0) is 84.9 Å². The highest BCUT2D eigenvalue weighted by Crippen LogP contribution is 2.29. The molecule has 10 nitrogen and oxygen atoms in total. The minimum Gasteiger partial charge on any atom is -0.443 e. The van der Waals surface area contributed by atoms with Gasteiger partial charge in [-0.15, -0.1) is 0 Å². The fourth-order valence-electron chi connectivity index (χ4n) is 4.74. The number of hydrogen-bond donors (Lipinski definition) is 3. The Morgan fingerprint density at radius 2 is 2.02 bits per heavy atom. The fourth-order valence-corrected chi connectivity index (χ4v) is 4.74. The predicted octanol–water partition coefficient (Wildman–Crippen LogP) is 5.28. The zero-order valence-corrected chi connectivity index (χ0v) is 25.4. The van der Waals surface area contributed by atoms with Gasteiger partial charge in [0, 0.05) is 41.0 Å². The first-order chi connectivity index (χ1) is 19.8. The van der Waals surface area contributed by atoms with E-state index in [-0.39, 0.29) is 23.7 Å². The Balaban J connectivity index is 1.78. The van der Waals surface area contributed by atoms with Crippen molar-refractivity contribution < 1.29 is 18.7 Å². The molecule has 0 radical (unpaired) electrons. The number of carbonyl (C=O) groups is 2. The van der Waals surface area contributed by atoms with E-state index in [0.29, 0.717) is 29.4 Å². The van der Waals surface area contributed by atoms with Crippen LogP contribution in [0, 0.1) is 17.7 Å².